The van der Waals surface area contributed by atoms with Crippen molar-refractivity contribution in [2.24, 2.45) is 7.05 Å². The summed E-state index contributed by atoms with van der Waals surface area (Å²) in [5, 5.41) is 27.9. The highest BCUT2D eigenvalue weighted by molar-refractivity contribution is 5.74. The van der Waals surface area contributed by atoms with Crippen LogP contribution in [0.15, 0.2) is 36.7 Å². The Kier molecular flexibility index (Phi) is 4.45. The number of piperidine rings is 1. The lowest BCUT2D eigenvalue weighted by Crippen LogP contribution is -2.50. The van der Waals surface area contributed by atoms with Gasteiger partial charge in [0.25, 0.3) is 0 Å². The van der Waals surface area contributed by atoms with Crippen LogP contribution in [-0.2, 0) is 13.5 Å². The van der Waals surface area contributed by atoms with Crippen LogP contribution >= 0.6 is 0 Å². The molecule has 3 aliphatic rings. The highest BCUT2D eigenvalue weighted by Crippen LogP contribution is 2.37. The van der Waals surface area contributed by atoms with E-state index in [0.29, 0.717) is 18.1 Å². The molecular formula is C24H28N6O. The quantitative estimate of drug-likeness (QED) is 0.682. The van der Waals surface area contributed by atoms with E-state index in [1.807, 2.05) is 25.4 Å². The third-order valence-electron chi connectivity index (χ3n) is 7.17. The predicted molar refractivity (Wildman–Crippen MR) is 120 cm³/mol. The van der Waals surface area contributed by atoms with Crippen LogP contribution in [-0.4, -0.2) is 49.8 Å². The molecule has 3 aromatic rings. The Bertz CT molecular complexity index is 1110. The van der Waals surface area contributed by atoms with Gasteiger partial charge in [0, 0.05) is 49.0 Å². The van der Waals surface area contributed by atoms with Crippen molar-refractivity contribution in [3.63, 3.8) is 0 Å². The first kappa shape index (κ1) is 18.8. The van der Waals surface area contributed by atoms with Crippen LogP contribution in [0.4, 0.5) is 5.82 Å². The second-order valence-corrected chi connectivity index (χ2v) is 9.27. The van der Waals surface area contributed by atoms with Crippen molar-refractivity contribution in [3.05, 3.63) is 42.2 Å². The zero-order valence-electron chi connectivity index (χ0n) is 17.8. The van der Waals surface area contributed by atoms with Crippen molar-refractivity contribution in [1.82, 2.24) is 25.3 Å². The van der Waals surface area contributed by atoms with Gasteiger partial charge < -0.3 is 15.3 Å². The molecule has 160 valence electrons. The average Bonchev–Trinajstić information content (AvgIpc) is 3.37. The fourth-order valence-electron chi connectivity index (χ4n) is 5.66. The summed E-state index contributed by atoms with van der Waals surface area (Å²) in [6.07, 6.45) is 10.9. The largest absolute Gasteiger partial charge is 0.507 e. The molecule has 7 heteroatoms. The lowest BCUT2D eigenvalue weighted by Gasteiger charge is -2.41. The lowest BCUT2D eigenvalue weighted by atomic mass is 9.94. The molecule has 3 aliphatic heterocycles. The van der Waals surface area contributed by atoms with Gasteiger partial charge in [-0.1, -0.05) is 6.07 Å². The number of aryl methyl sites for hydroxylation is 2. The number of nitrogens with zero attached hydrogens (tertiary/aromatic N) is 5. The summed E-state index contributed by atoms with van der Waals surface area (Å²) in [5.74, 6) is 1.27. The fourth-order valence-corrected chi connectivity index (χ4v) is 5.66. The zero-order chi connectivity index (χ0) is 20.9. The number of phenols is 1. The summed E-state index contributed by atoms with van der Waals surface area (Å²) < 4.78 is 1.76. The van der Waals surface area contributed by atoms with Gasteiger partial charge in [-0.25, -0.2) is 0 Å². The van der Waals surface area contributed by atoms with E-state index in [0.717, 1.165) is 47.6 Å². The molecule has 2 fully saturated rings. The Morgan fingerprint density at radius 1 is 1.06 bits per heavy atom. The van der Waals surface area contributed by atoms with Gasteiger partial charge in [-0.3, -0.25) is 4.68 Å². The maximum Gasteiger partial charge on any atom is 0.154 e. The highest BCUT2D eigenvalue weighted by atomic mass is 16.3. The maximum atomic E-state index is 10.7. The molecule has 2 aromatic heterocycles. The van der Waals surface area contributed by atoms with Gasteiger partial charge in [0.05, 0.1) is 11.9 Å². The van der Waals surface area contributed by atoms with Crippen molar-refractivity contribution in [2.75, 3.05) is 11.4 Å². The second kappa shape index (κ2) is 7.34. The summed E-state index contributed by atoms with van der Waals surface area (Å²) in [6.45, 7) is 1.07. The van der Waals surface area contributed by atoms with Gasteiger partial charge >= 0.3 is 0 Å². The van der Waals surface area contributed by atoms with E-state index in [2.05, 4.69) is 31.6 Å². The number of aromatic nitrogens is 4. The Labute approximate surface area is 182 Å². The summed E-state index contributed by atoms with van der Waals surface area (Å²) in [6, 6.07) is 9.73. The Balaban J connectivity index is 1.29. The Morgan fingerprint density at radius 2 is 1.90 bits per heavy atom. The molecule has 6 rings (SSSR count). The van der Waals surface area contributed by atoms with Crippen molar-refractivity contribution in [3.8, 4) is 28.1 Å². The van der Waals surface area contributed by atoms with Crippen LogP contribution in [0.1, 0.15) is 37.7 Å². The topological polar surface area (TPSA) is 79.1 Å². The molecule has 0 saturated carbocycles. The summed E-state index contributed by atoms with van der Waals surface area (Å²) in [5.41, 5.74) is 4.62. The van der Waals surface area contributed by atoms with Gasteiger partial charge in [0.1, 0.15) is 5.75 Å². The Morgan fingerprint density at radius 3 is 2.65 bits per heavy atom. The third-order valence-corrected chi connectivity index (χ3v) is 7.17. The molecule has 2 bridgehead atoms. The number of rotatable bonds is 3. The molecule has 7 nitrogen and oxygen atoms in total. The van der Waals surface area contributed by atoms with E-state index in [9.17, 15) is 5.11 Å². The first-order chi connectivity index (χ1) is 15.1. The van der Waals surface area contributed by atoms with E-state index < -0.39 is 0 Å². The van der Waals surface area contributed by atoms with Gasteiger partial charge in [-0.2, -0.15) is 5.10 Å². The molecule has 2 saturated heterocycles. The summed E-state index contributed by atoms with van der Waals surface area (Å²) >= 11 is 0. The molecule has 2 atom stereocenters. The minimum absolute atomic E-state index is 0.221. The normalized spacial score (nSPS) is 24.9. The number of hydrogen-bond donors (Lipinski definition) is 2. The van der Waals surface area contributed by atoms with Crippen molar-refractivity contribution >= 4 is 5.82 Å². The van der Waals surface area contributed by atoms with Crippen LogP contribution < -0.4 is 10.2 Å². The van der Waals surface area contributed by atoms with Crippen molar-refractivity contribution in [2.45, 2.75) is 56.7 Å². The van der Waals surface area contributed by atoms with E-state index in [4.69, 9.17) is 0 Å². The molecule has 5 heterocycles. The number of hydrogen-bond acceptors (Lipinski definition) is 6. The maximum absolute atomic E-state index is 10.7. The van der Waals surface area contributed by atoms with Crippen LogP contribution in [0.5, 0.6) is 5.75 Å². The van der Waals surface area contributed by atoms with Crippen molar-refractivity contribution < 1.29 is 5.11 Å². The number of nitrogens with one attached hydrogen (secondary N) is 1. The SMILES string of the molecule is Cn1cc(-c2ccc(-c3cc4c(nn3)N(C3CC5CCC(C3)N5)CCC4)c(O)c2)cn1. The molecular weight excluding hydrogens is 388 g/mol. The smallest absolute Gasteiger partial charge is 0.154 e. The van der Waals surface area contributed by atoms with E-state index in [-0.39, 0.29) is 5.75 Å². The van der Waals surface area contributed by atoms with Gasteiger partial charge in [0.15, 0.2) is 5.82 Å². The molecule has 0 radical (unpaired) electrons. The average molecular weight is 417 g/mol. The number of fused-ring (bicyclic) bond motifs is 3. The lowest BCUT2D eigenvalue weighted by molar-refractivity contribution is 0.341. The zero-order valence-corrected chi connectivity index (χ0v) is 17.8. The highest BCUT2D eigenvalue weighted by Gasteiger charge is 2.37. The number of aromatic hydroxyl groups is 1. The second-order valence-electron chi connectivity index (χ2n) is 9.27. The fraction of sp³-hybridized carbons (Fsp3) is 0.458. The molecule has 0 spiro atoms. The molecule has 0 aliphatic carbocycles. The van der Waals surface area contributed by atoms with Crippen LogP contribution in [0.3, 0.4) is 0 Å². The predicted octanol–water partition coefficient (Wildman–Crippen LogP) is 3.29. The van der Waals surface area contributed by atoms with Crippen molar-refractivity contribution in [1.29, 1.82) is 0 Å². The molecule has 31 heavy (non-hydrogen) atoms. The van der Waals surface area contributed by atoms with E-state index >= 15 is 0 Å². The Hall–Kier alpha value is -2.93. The molecule has 2 unspecified atom stereocenters. The van der Waals surface area contributed by atoms with Crippen LogP contribution in [0.25, 0.3) is 22.4 Å². The molecule has 0 amide bonds. The number of phenolic OH excluding ortho intramolecular Hbond substituents is 1. The van der Waals surface area contributed by atoms with Gasteiger partial charge in [0.2, 0.25) is 0 Å². The number of anilines is 1. The molecule has 1 aromatic carbocycles. The first-order valence-electron chi connectivity index (χ1n) is 11.4. The van der Waals surface area contributed by atoms with Crippen LogP contribution in [0.2, 0.25) is 0 Å². The standard InChI is InChI=1S/C24H28N6O/c1-29-14-17(13-25-29)15-4-7-21(23(31)10-15)22-9-16-3-2-8-30(24(16)28-27-22)20-11-18-5-6-19(12-20)26-18/h4,7,9-10,13-14,18-20,26,31H,2-3,5-6,8,11-12H2,1H3. The number of benzene rings is 1. The first-order valence-corrected chi connectivity index (χ1v) is 11.4. The minimum Gasteiger partial charge on any atom is -0.507 e. The monoisotopic (exact) mass is 416 g/mol. The van der Waals surface area contributed by atoms with E-state index in [1.54, 1.807) is 16.9 Å². The van der Waals surface area contributed by atoms with Crippen LogP contribution in [0, 0.1) is 0 Å². The van der Waals surface area contributed by atoms with E-state index in [1.165, 1.54) is 31.2 Å². The molecule has 2 N–H and O–H groups in total. The van der Waals surface area contributed by atoms with Gasteiger partial charge in [-0.05, 0) is 67.9 Å². The summed E-state index contributed by atoms with van der Waals surface area (Å²) in [7, 11) is 1.89. The van der Waals surface area contributed by atoms with Gasteiger partial charge in [-0.15, -0.1) is 10.2 Å². The third kappa shape index (κ3) is 3.37. The minimum atomic E-state index is 0.221. The summed E-state index contributed by atoms with van der Waals surface area (Å²) in [4.78, 5) is 2.51.